The van der Waals surface area contributed by atoms with Crippen LogP contribution in [0.4, 0.5) is 0 Å². The monoisotopic (exact) mass is 275 g/mol. The summed E-state index contributed by atoms with van der Waals surface area (Å²) in [4.78, 5) is 0. The lowest BCUT2D eigenvalue weighted by atomic mass is 10.1. The molecule has 1 heterocycles. The SMILES string of the molecule is C[Si](C)(C)c1[nH]nc(C#N)c1-c1cccc(Cl)c1. The molecule has 1 aromatic carbocycles. The van der Waals surface area contributed by atoms with Crippen molar-refractivity contribution < 1.29 is 0 Å². The molecule has 0 saturated carbocycles. The Bertz CT molecular complexity index is 620. The summed E-state index contributed by atoms with van der Waals surface area (Å²) < 4.78 is 0. The van der Waals surface area contributed by atoms with E-state index in [0.29, 0.717) is 10.7 Å². The van der Waals surface area contributed by atoms with Gasteiger partial charge in [0.1, 0.15) is 14.1 Å². The number of nitriles is 1. The van der Waals surface area contributed by atoms with Crippen LogP contribution in [0.2, 0.25) is 24.7 Å². The van der Waals surface area contributed by atoms with Crippen molar-refractivity contribution >= 4 is 25.0 Å². The van der Waals surface area contributed by atoms with E-state index >= 15 is 0 Å². The first-order valence-corrected chi connectivity index (χ1v) is 9.56. The summed E-state index contributed by atoms with van der Waals surface area (Å²) >= 11 is 6.02. The third kappa shape index (κ3) is 2.33. The van der Waals surface area contributed by atoms with Gasteiger partial charge < -0.3 is 0 Å². The molecule has 18 heavy (non-hydrogen) atoms. The Labute approximate surface area is 112 Å². The molecule has 3 nitrogen and oxygen atoms in total. The molecule has 0 fully saturated rings. The first-order valence-electron chi connectivity index (χ1n) is 5.68. The lowest BCUT2D eigenvalue weighted by Gasteiger charge is -2.16. The molecule has 92 valence electrons. The van der Waals surface area contributed by atoms with Gasteiger partial charge in [-0.1, -0.05) is 43.4 Å². The van der Waals surface area contributed by atoms with Gasteiger partial charge >= 0.3 is 0 Å². The van der Waals surface area contributed by atoms with Crippen molar-refractivity contribution in [2.75, 3.05) is 0 Å². The molecule has 0 atom stereocenters. The summed E-state index contributed by atoms with van der Waals surface area (Å²) in [5, 5.41) is 18.1. The molecule has 0 bridgehead atoms. The molecule has 2 rings (SSSR count). The number of H-pyrrole nitrogens is 1. The minimum atomic E-state index is -1.59. The largest absolute Gasteiger partial charge is 0.285 e. The summed E-state index contributed by atoms with van der Waals surface area (Å²) in [7, 11) is -1.59. The van der Waals surface area contributed by atoms with E-state index in [1.165, 1.54) is 0 Å². The molecule has 0 radical (unpaired) electrons. The second kappa shape index (κ2) is 4.60. The van der Waals surface area contributed by atoms with Gasteiger partial charge in [0.05, 0.1) is 0 Å². The lowest BCUT2D eigenvalue weighted by Crippen LogP contribution is -2.40. The van der Waals surface area contributed by atoms with E-state index in [9.17, 15) is 5.26 Å². The fourth-order valence-corrected chi connectivity index (χ4v) is 3.48. The molecule has 5 heteroatoms. The molecule has 0 aliphatic heterocycles. The van der Waals surface area contributed by atoms with Crippen molar-refractivity contribution in [1.29, 1.82) is 5.26 Å². The smallest absolute Gasteiger partial charge is 0.169 e. The quantitative estimate of drug-likeness (QED) is 0.856. The lowest BCUT2D eigenvalue weighted by molar-refractivity contribution is 1.09. The standard InChI is InChI=1S/C13H14ClN3Si/c1-18(2,3)13-12(11(8-15)16-17-13)9-5-4-6-10(14)7-9/h4-7H,1-3H3,(H,16,17). The van der Waals surface area contributed by atoms with Gasteiger partial charge in [-0.05, 0) is 17.7 Å². The van der Waals surface area contributed by atoms with Gasteiger partial charge in [0, 0.05) is 15.9 Å². The van der Waals surface area contributed by atoms with Gasteiger partial charge in [0.2, 0.25) is 0 Å². The highest BCUT2D eigenvalue weighted by Gasteiger charge is 2.26. The van der Waals surface area contributed by atoms with Gasteiger partial charge in [-0.25, -0.2) is 0 Å². The Morgan fingerprint density at radius 3 is 2.61 bits per heavy atom. The summed E-state index contributed by atoms with van der Waals surface area (Å²) in [5.41, 5.74) is 2.29. The Morgan fingerprint density at radius 2 is 2.06 bits per heavy atom. The minimum Gasteiger partial charge on any atom is -0.285 e. The first kappa shape index (κ1) is 12.9. The Hall–Kier alpha value is -1.57. The number of nitrogens with one attached hydrogen (secondary N) is 1. The zero-order valence-electron chi connectivity index (χ0n) is 10.6. The predicted molar refractivity (Wildman–Crippen MR) is 76.7 cm³/mol. The molecular formula is C13H14ClN3Si. The Kier molecular flexibility index (Phi) is 3.29. The van der Waals surface area contributed by atoms with E-state index < -0.39 is 8.07 Å². The molecule has 0 unspecified atom stereocenters. The van der Waals surface area contributed by atoms with Gasteiger partial charge in [0.25, 0.3) is 0 Å². The van der Waals surface area contributed by atoms with E-state index in [-0.39, 0.29) is 0 Å². The molecule has 0 saturated heterocycles. The van der Waals surface area contributed by atoms with Crippen LogP contribution in [0, 0.1) is 11.3 Å². The van der Waals surface area contributed by atoms with Crippen LogP contribution in [0.25, 0.3) is 11.1 Å². The molecule has 0 aliphatic rings. The maximum atomic E-state index is 9.18. The minimum absolute atomic E-state index is 0.440. The zero-order chi connectivity index (χ0) is 13.3. The number of nitrogens with zero attached hydrogens (tertiary/aromatic N) is 2. The molecule has 0 spiro atoms. The molecule has 2 aromatic rings. The molecule has 0 aliphatic carbocycles. The third-order valence-corrected chi connectivity index (χ3v) is 4.83. The van der Waals surface area contributed by atoms with Crippen molar-refractivity contribution in [3.8, 4) is 17.2 Å². The van der Waals surface area contributed by atoms with E-state index in [2.05, 4.69) is 35.9 Å². The zero-order valence-corrected chi connectivity index (χ0v) is 12.3. The van der Waals surface area contributed by atoms with E-state index in [4.69, 9.17) is 11.6 Å². The summed E-state index contributed by atoms with van der Waals surface area (Å²) in [6.07, 6.45) is 0. The van der Waals surface area contributed by atoms with Crippen molar-refractivity contribution in [1.82, 2.24) is 10.2 Å². The summed E-state index contributed by atoms with van der Waals surface area (Å²) in [6, 6.07) is 9.69. The Balaban J connectivity index is 2.70. The molecule has 1 N–H and O–H groups in total. The van der Waals surface area contributed by atoms with Crippen LogP contribution in [0.5, 0.6) is 0 Å². The summed E-state index contributed by atoms with van der Waals surface area (Å²) in [6.45, 7) is 6.65. The Morgan fingerprint density at radius 1 is 1.33 bits per heavy atom. The predicted octanol–water partition coefficient (Wildman–Crippen LogP) is 3.15. The number of aromatic nitrogens is 2. The molecule has 1 aromatic heterocycles. The number of hydrogen-bond acceptors (Lipinski definition) is 2. The van der Waals surface area contributed by atoms with Gasteiger partial charge in [0.15, 0.2) is 5.69 Å². The number of benzene rings is 1. The fourth-order valence-electron chi connectivity index (χ4n) is 1.89. The van der Waals surface area contributed by atoms with E-state index in [1.807, 2.05) is 24.3 Å². The molecule has 0 amide bonds. The van der Waals surface area contributed by atoms with E-state index in [0.717, 1.165) is 16.4 Å². The van der Waals surface area contributed by atoms with Gasteiger partial charge in [-0.2, -0.15) is 10.4 Å². The highest BCUT2D eigenvalue weighted by molar-refractivity contribution is 6.89. The highest BCUT2D eigenvalue weighted by Crippen LogP contribution is 2.25. The van der Waals surface area contributed by atoms with Crippen molar-refractivity contribution in [3.63, 3.8) is 0 Å². The second-order valence-corrected chi connectivity index (χ2v) is 10.6. The second-order valence-electron chi connectivity index (χ2n) is 5.19. The maximum absolute atomic E-state index is 9.18. The van der Waals surface area contributed by atoms with Crippen LogP contribution in [0.1, 0.15) is 5.69 Å². The van der Waals surface area contributed by atoms with Crippen LogP contribution in [-0.2, 0) is 0 Å². The first-order chi connectivity index (χ1) is 8.43. The van der Waals surface area contributed by atoms with Crippen molar-refractivity contribution in [3.05, 3.63) is 35.0 Å². The van der Waals surface area contributed by atoms with E-state index in [1.54, 1.807) is 0 Å². The topological polar surface area (TPSA) is 52.5 Å². The molecular weight excluding hydrogens is 262 g/mol. The van der Waals surface area contributed by atoms with Crippen LogP contribution < -0.4 is 5.32 Å². The summed E-state index contributed by atoms with van der Waals surface area (Å²) in [5.74, 6) is 0. The van der Waals surface area contributed by atoms with Crippen LogP contribution in [0.15, 0.2) is 24.3 Å². The third-order valence-electron chi connectivity index (χ3n) is 2.74. The highest BCUT2D eigenvalue weighted by atomic mass is 35.5. The number of aromatic amines is 1. The number of rotatable bonds is 2. The van der Waals surface area contributed by atoms with Crippen molar-refractivity contribution in [2.24, 2.45) is 0 Å². The van der Waals surface area contributed by atoms with Crippen molar-refractivity contribution in [2.45, 2.75) is 19.6 Å². The van der Waals surface area contributed by atoms with Crippen LogP contribution in [0.3, 0.4) is 0 Å². The fraction of sp³-hybridized carbons (Fsp3) is 0.231. The van der Waals surface area contributed by atoms with Gasteiger partial charge in [-0.3, -0.25) is 5.10 Å². The number of halogens is 1. The van der Waals surface area contributed by atoms with Crippen LogP contribution in [-0.4, -0.2) is 18.3 Å². The normalized spacial score (nSPS) is 11.3. The van der Waals surface area contributed by atoms with Crippen LogP contribution >= 0.6 is 11.6 Å². The number of hydrogen-bond donors (Lipinski definition) is 1. The average Bonchev–Trinajstić information content (AvgIpc) is 2.72. The van der Waals surface area contributed by atoms with Gasteiger partial charge in [-0.15, -0.1) is 0 Å². The average molecular weight is 276 g/mol. The maximum Gasteiger partial charge on any atom is 0.169 e.